The van der Waals surface area contributed by atoms with Gasteiger partial charge in [-0.1, -0.05) is 34.6 Å². The molecule has 3 saturated carbocycles. The van der Waals surface area contributed by atoms with Crippen molar-refractivity contribution in [1.82, 2.24) is 9.97 Å². The fourth-order valence-electron chi connectivity index (χ4n) is 8.61. The summed E-state index contributed by atoms with van der Waals surface area (Å²) in [6, 6.07) is 0. The molecule has 2 unspecified atom stereocenters. The lowest BCUT2D eigenvalue weighted by Gasteiger charge is -2.68. The molecule has 0 saturated heterocycles. The minimum atomic E-state index is -0.544. The zero-order valence-electron chi connectivity index (χ0n) is 21.1. The van der Waals surface area contributed by atoms with Gasteiger partial charge in [-0.15, -0.1) is 0 Å². The molecule has 3 fully saturated rings. The van der Waals surface area contributed by atoms with Crippen LogP contribution >= 0.6 is 0 Å². The van der Waals surface area contributed by atoms with Gasteiger partial charge in [0.1, 0.15) is 11.9 Å². The molecule has 1 aliphatic heterocycles. The van der Waals surface area contributed by atoms with Crippen molar-refractivity contribution in [2.45, 2.75) is 85.9 Å². The van der Waals surface area contributed by atoms with Crippen LogP contribution in [0.15, 0.2) is 24.2 Å². The number of Topliss-reactive ketones (excluding diaryl/α,β-unsaturated/α-hetero) is 1. The third-order valence-electron chi connectivity index (χ3n) is 10.2. The van der Waals surface area contributed by atoms with Crippen LogP contribution in [0.2, 0.25) is 0 Å². The molecule has 2 heterocycles. The molecule has 184 valence electrons. The number of imidazole rings is 1. The minimum Gasteiger partial charge on any atom is -0.462 e. The van der Waals surface area contributed by atoms with Gasteiger partial charge < -0.3 is 14.5 Å². The molecule has 3 aliphatic carbocycles. The number of aromatic nitrogens is 2. The number of esters is 2. The Labute approximate surface area is 201 Å². The quantitative estimate of drug-likeness (QED) is 0.632. The van der Waals surface area contributed by atoms with Crippen LogP contribution in [-0.4, -0.2) is 33.8 Å². The second-order valence-corrected chi connectivity index (χ2v) is 12.2. The van der Waals surface area contributed by atoms with Crippen LogP contribution in [0.25, 0.3) is 0 Å². The number of hydrogen-bond donors (Lipinski definition) is 1. The zero-order valence-corrected chi connectivity index (χ0v) is 21.1. The van der Waals surface area contributed by atoms with Gasteiger partial charge >= 0.3 is 11.9 Å². The Balaban J connectivity index is 1.68. The number of nitrogens with one attached hydrogen (secondary N) is 1. The van der Waals surface area contributed by atoms with Crippen molar-refractivity contribution in [1.29, 1.82) is 0 Å². The van der Waals surface area contributed by atoms with E-state index in [1.54, 1.807) is 18.6 Å². The van der Waals surface area contributed by atoms with E-state index in [-0.39, 0.29) is 29.2 Å². The Hall–Kier alpha value is -2.44. The highest BCUT2D eigenvalue weighted by atomic mass is 16.5. The number of fused-ring (bicyclic) bond motifs is 5. The van der Waals surface area contributed by atoms with Gasteiger partial charge in [0, 0.05) is 35.7 Å². The molecule has 7 nitrogen and oxygen atoms in total. The van der Waals surface area contributed by atoms with E-state index in [9.17, 15) is 14.4 Å². The molecule has 0 spiro atoms. The molecule has 1 aromatic rings. The molecule has 7 atom stereocenters. The van der Waals surface area contributed by atoms with Gasteiger partial charge in [-0.2, -0.15) is 0 Å². The average molecular weight is 469 g/mol. The van der Waals surface area contributed by atoms with Crippen molar-refractivity contribution in [3.63, 3.8) is 0 Å². The lowest BCUT2D eigenvalue weighted by Crippen LogP contribution is -2.66. The number of aromatic amines is 1. The van der Waals surface area contributed by atoms with E-state index in [1.165, 1.54) is 6.92 Å². The van der Waals surface area contributed by atoms with Crippen molar-refractivity contribution in [3.05, 3.63) is 29.9 Å². The van der Waals surface area contributed by atoms with Gasteiger partial charge in [-0.05, 0) is 48.5 Å². The summed E-state index contributed by atoms with van der Waals surface area (Å²) in [5.41, 5.74) is 0.206. The Morgan fingerprint density at radius 3 is 2.53 bits per heavy atom. The number of hydrogen-bond acceptors (Lipinski definition) is 6. The molecule has 0 amide bonds. The van der Waals surface area contributed by atoms with Crippen LogP contribution in [0.5, 0.6) is 0 Å². The Kier molecular flexibility index (Phi) is 4.99. The summed E-state index contributed by atoms with van der Waals surface area (Å²) in [4.78, 5) is 45.6. The zero-order chi connectivity index (χ0) is 24.7. The van der Waals surface area contributed by atoms with Gasteiger partial charge in [-0.25, -0.2) is 9.78 Å². The maximum Gasteiger partial charge on any atom is 0.331 e. The second kappa shape index (κ2) is 7.28. The van der Waals surface area contributed by atoms with Crippen LogP contribution in [0.3, 0.4) is 0 Å². The predicted molar refractivity (Wildman–Crippen MR) is 124 cm³/mol. The topological polar surface area (TPSA) is 98.3 Å². The standard InChI is InChI=1S/C27H36N2O5/c1-15(30)33-21-11-18-24(2,3)20(31)8-10-25(18,4)17-7-9-26(5)19(27(17,21)6)12-22(32)34-23(26)16-13-28-14-29-16/h12-14,17-18,21,23H,7-11H2,1-6H3,(H,28,29)/t17?,18?,21-,23+,25-,26-,27-/m1/s1. The fourth-order valence-corrected chi connectivity index (χ4v) is 8.61. The first-order valence-electron chi connectivity index (χ1n) is 12.5. The van der Waals surface area contributed by atoms with E-state index in [2.05, 4.69) is 44.6 Å². The average Bonchev–Trinajstić information content (AvgIpc) is 3.28. The summed E-state index contributed by atoms with van der Waals surface area (Å²) in [5.74, 6) is -0.136. The molecule has 0 radical (unpaired) electrons. The largest absolute Gasteiger partial charge is 0.462 e. The minimum absolute atomic E-state index is 0.101. The number of cyclic esters (lactones) is 1. The Bertz CT molecular complexity index is 1070. The first-order chi connectivity index (χ1) is 15.8. The van der Waals surface area contributed by atoms with Gasteiger partial charge in [-0.3, -0.25) is 9.59 Å². The maximum atomic E-state index is 13.0. The highest BCUT2D eigenvalue weighted by Crippen LogP contribution is 2.72. The summed E-state index contributed by atoms with van der Waals surface area (Å²) >= 11 is 0. The maximum absolute atomic E-state index is 13.0. The molecular formula is C27H36N2O5. The summed E-state index contributed by atoms with van der Waals surface area (Å²) in [6.07, 6.45) is 7.83. The first-order valence-corrected chi connectivity index (χ1v) is 12.5. The van der Waals surface area contributed by atoms with Gasteiger partial charge in [0.05, 0.1) is 18.2 Å². The van der Waals surface area contributed by atoms with Gasteiger partial charge in [0.25, 0.3) is 0 Å². The summed E-state index contributed by atoms with van der Waals surface area (Å²) in [7, 11) is 0. The van der Waals surface area contributed by atoms with Crippen molar-refractivity contribution in [2.75, 3.05) is 0 Å². The molecule has 4 aliphatic rings. The molecule has 34 heavy (non-hydrogen) atoms. The van der Waals surface area contributed by atoms with E-state index < -0.39 is 28.5 Å². The molecule has 1 aromatic heterocycles. The van der Waals surface area contributed by atoms with Crippen LogP contribution < -0.4 is 0 Å². The summed E-state index contributed by atoms with van der Waals surface area (Å²) in [6.45, 7) is 12.2. The number of carbonyl (C=O) groups excluding carboxylic acids is 3. The number of carbonyl (C=O) groups is 3. The monoisotopic (exact) mass is 468 g/mol. The predicted octanol–water partition coefficient (Wildman–Crippen LogP) is 4.70. The highest BCUT2D eigenvalue weighted by Gasteiger charge is 2.69. The first kappa shape index (κ1) is 23.3. The van der Waals surface area contributed by atoms with E-state index in [0.29, 0.717) is 18.6 Å². The Morgan fingerprint density at radius 2 is 1.88 bits per heavy atom. The molecule has 5 rings (SSSR count). The van der Waals surface area contributed by atoms with Crippen molar-refractivity contribution < 1.29 is 23.9 Å². The van der Waals surface area contributed by atoms with Crippen LogP contribution in [0.4, 0.5) is 0 Å². The number of rotatable bonds is 2. The third-order valence-corrected chi connectivity index (χ3v) is 10.2. The SMILES string of the molecule is CC(=O)O[C@@H]1CC2C(C)(C)C(=O)CC[C@]2(C)C2CC[C@]3(C)C(=CC(=O)O[C@H]3c3cnc[nH]3)[C@@]21C. The second-order valence-electron chi connectivity index (χ2n) is 12.2. The van der Waals surface area contributed by atoms with E-state index >= 15 is 0 Å². The van der Waals surface area contributed by atoms with E-state index in [4.69, 9.17) is 9.47 Å². The van der Waals surface area contributed by atoms with Crippen LogP contribution in [0.1, 0.15) is 85.4 Å². The van der Waals surface area contributed by atoms with Crippen molar-refractivity contribution in [3.8, 4) is 0 Å². The Morgan fingerprint density at radius 1 is 1.15 bits per heavy atom. The number of ketones is 1. The highest BCUT2D eigenvalue weighted by molar-refractivity contribution is 5.86. The van der Waals surface area contributed by atoms with Crippen molar-refractivity contribution >= 4 is 17.7 Å². The number of nitrogens with zero attached hydrogens (tertiary/aromatic N) is 1. The van der Waals surface area contributed by atoms with Gasteiger partial charge in [0.2, 0.25) is 0 Å². The molecule has 7 heteroatoms. The molecular weight excluding hydrogens is 432 g/mol. The van der Waals surface area contributed by atoms with Gasteiger partial charge in [0.15, 0.2) is 6.10 Å². The smallest absolute Gasteiger partial charge is 0.331 e. The van der Waals surface area contributed by atoms with E-state index in [1.807, 2.05) is 0 Å². The van der Waals surface area contributed by atoms with Crippen LogP contribution in [0, 0.1) is 33.5 Å². The number of ether oxygens (including phenoxy) is 2. The normalized spacial score (nSPS) is 43.1. The summed E-state index contributed by atoms with van der Waals surface area (Å²) < 4.78 is 12.0. The molecule has 0 bridgehead atoms. The lowest BCUT2D eigenvalue weighted by molar-refractivity contribution is -0.210. The molecule has 0 aromatic carbocycles. The van der Waals surface area contributed by atoms with Crippen LogP contribution in [-0.2, 0) is 23.9 Å². The fraction of sp³-hybridized carbons (Fsp3) is 0.704. The lowest BCUT2D eigenvalue weighted by atomic mass is 9.37. The summed E-state index contributed by atoms with van der Waals surface area (Å²) in [5, 5.41) is 0. The third kappa shape index (κ3) is 2.94. The van der Waals surface area contributed by atoms with Crippen molar-refractivity contribution in [2.24, 2.45) is 33.5 Å². The number of H-pyrrole nitrogens is 1. The molecule has 1 N–H and O–H groups in total. The van der Waals surface area contributed by atoms with E-state index in [0.717, 1.165) is 30.5 Å².